The maximum atomic E-state index is 12.2. The molecule has 0 atom stereocenters. The molecule has 2 rings (SSSR count). The summed E-state index contributed by atoms with van der Waals surface area (Å²) in [4.78, 5) is 5.13. The zero-order chi connectivity index (χ0) is 14.6. The Morgan fingerprint density at radius 1 is 1.30 bits per heavy atom. The van der Waals surface area contributed by atoms with Crippen molar-refractivity contribution in [3.63, 3.8) is 0 Å². The lowest BCUT2D eigenvalue weighted by atomic mass is 10.3. The van der Waals surface area contributed by atoms with Gasteiger partial charge in [0.15, 0.2) is 0 Å². The van der Waals surface area contributed by atoms with Crippen LogP contribution in [0.5, 0.6) is 0 Å². The Kier molecular flexibility index (Phi) is 4.87. The summed E-state index contributed by atoms with van der Waals surface area (Å²) in [6, 6.07) is 7.12. The first-order chi connectivity index (χ1) is 9.53. The zero-order valence-corrected chi connectivity index (χ0v) is 13.0. The minimum absolute atomic E-state index is 0.196. The Hall–Kier alpha value is -1.28. The van der Waals surface area contributed by atoms with Crippen molar-refractivity contribution in [1.82, 2.24) is 15.0 Å². The molecular formula is C13H17N3O2S2. The van der Waals surface area contributed by atoms with E-state index in [9.17, 15) is 8.42 Å². The molecule has 0 saturated carbocycles. The molecule has 20 heavy (non-hydrogen) atoms. The predicted octanol–water partition coefficient (Wildman–Crippen LogP) is 1.65. The van der Waals surface area contributed by atoms with Gasteiger partial charge in [-0.2, -0.15) is 0 Å². The monoisotopic (exact) mass is 311 g/mol. The molecule has 108 valence electrons. The smallest absolute Gasteiger partial charge is 0.250 e. The van der Waals surface area contributed by atoms with E-state index >= 15 is 0 Å². The van der Waals surface area contributed by atoms with Crippen LogP contribution in [0.1, 0.15) is 16.1 Å². The summed E-state index contributed by atoms with van der Waals surface area (Å²) in [6.07, 6.45) is 1.64. The van der Waals surface area contributed by atoms with Crippen LogP contribution in [-0.2, 0) is 23.1 Å². The average molecular weight is 311 g/mol. The molecule has 7 heteroatoms. The van der Waals surface area contributed by atoms with E-state index in [1.807, 2.05) is 20.0 Å². The lowest BCUT2D eigenvalue weighted by Gasteiger charge is -2.03. The first-order valence-corrected chi connectivity index (χ1v) is 8.46. The largest absolute Gasteiger partial charge is 0.315 e. The summed E-state index contributed by atoms with van der Waals surface area (Å²) in [5.41, 5.74) is 1.68. The van der Waals surface area contributed by atoms with E-state index in [4.69, 9.17) is 0 Å². The van der Waals surface area contributed by atoms with E-state index in [1.54, 1.807) is 24.4 Å². The van der Waals surface area contributed by atoms with Crippen LogP contribution < -0.4 is 10.0 Å². The molecule has 2 heterocycles. The molecule has 0 fully saturated rings. The molecule has 2 aromatic heterocycles. The first-order valence-electron chi connectivity index (χ1n) is 6.16. The Labute approximate surface area is 123 Å². The van der Waals surface area contributed by atoms with E-state index in [0.29, 0.717) is 16.4 Å². The number of nitrogens with one attached hydrogen (secondary N) is 2. The van der Waals surface area contributed by atoms with E-state index in [2.05, 4.69) is 15.0 Å². The third kappa shape index (κ3) is 3.63. The van der Waals surface area contributed by atoms with Crippen molar-refractivity contribution in [2.45, 2.75) is 24.2 Å². The zero-order valence-electron chi connectivity index (χ0n) is 11.4. The van der Waals surface area contributed by atoms with Gasteiger partial charge in [0.25, 0.3) is 0 Å². The van der Waals surface area contributed by atoms with E-state index in [0.717, 1.165) is 10.4 Å². The van der Waals surface area contributed by atoms with Crippen molar-refractivity contribution in [2.75, 3.05) is 7.05 Å². The maximum Gasteiger partial charge on any atom is 0.250 e. The highest BCUT2D eigenvalue weighted by atomic mass is 32.2. The van der Waals surface area contributed by atoms with Crippen molar-refractivity contribution in [1.29, 1.82) is 0 Å². The van der Waals surface area contributed by atoms with E-state index in [-0.39, 0.29) is 6.54 Å². The summed E-state index contributed by atoms with van der Waals surface area (Å²) in [5, 5.41) is 3.03. The van der Waals surface area contributed by atoms with Crippen LogP contribution in [0, 0.1) is 6.92 Å². The van der Waals surface area contributed by atoms with E-state index in [1.165, 1.54) is 11.3 Å². The van der Waals surface area contributed by atoms with Gasteiger partial charge in [0.1, 0.15) is 4.21 Å². The lowest BCUT2D eigenvalue weighted by Crippen LogP contribution is -2.22. The van der Waals surface area contributed by atoms with Gasteiger partial charge in [0.05, 0.1) is 12.2 Å². The summed E-state index contributed by atoms with van der Waals surface area (Å²) < 4.78 is 27.4. The third-order valence-corrected chi connectivity index (χ3v) is 5.88. The topological polar surface area (TPSA) is 71.1 Å². The van der Waals surface area contributed by atoms with Crippen LogP contribution >= 0.6 is 11.3 Å². The van der Waals surface area contributed by atoms with Crippen molar-refractivity contribution in [3.05, 3.63) is 46.6 Å². The predicted molar refractivity (Wildman–Crippen MR) is 80.1 cm³/mol. The second kappa shape index (κ2) is 6.45. The SMILES string of the molecule is CNCc1sc(S(=O)(=O)NCc2ccccn2)cc1C. The molecule has 0 unspecified atom stereocenters. The van der Waals surface area contributed by atoms with Gasteiger partial charge in [-0.25, -0.2) is 13.1 Å². The van der Waals surface area contributed by atoms with Crippen molar-refractivity contribution in [3.8, 4) is 0 Å². The van der Waals surface area contributed by atoms with Gasteiger partial charge in [-0.05, 0) is 37.7 Å². The highest BCUT2D eigenvalue weighted by Crippen LogP contribution is 2.25. The minimum Gasteiger partial charge on any atom is -0.315 e. The number of rotatable bonds is 6. The number of aryl methyl sites for hydroxylation is 1. The molecule has 0 amide bonds. The fourth-order valence-electron chi connectivity index (χ4n) is 1.70. The number of aromatic nitrogens is 1. The first kappa shape index (κ1) is 15.1. The number of nitrogens with zero attached hydrogens (tertiary/aromatic N) is 1. The van der Waals surface area contributed by atoms with Crippen LogP contribution in [0.3, 0.4) is 0 Å². The molecule has 0 aliphatic carbocycles. The van der Waals surface area contributed by atoms with Crippen LogP contribution in [0.4, 0.5) is 0 Å². The molecule has 0 radical (unpaired) electrons. The molecule has 5 nitrogen and oxygen atoms in total. The molecule has 0 aliphatic rings. The van der Waals surface area contributed by atoms with E-state index < -0.39 is 10.0 Å². The summed E-state index contributed by atoms with van der Waals surface area (Å²) >= 11 is 1.29. The van der Waals surface area contributed by atoms with Crippen molar-refractivity contribution >= 4 is 21.4 Å². The Morgan fingerprint density at radius 3 is 2.75 bits per heavy atom. The third-order valence-electron chi connectivity index (χ3n) is 2.77. The maximum absolute atomic E-state index is 12.2. The lowest BCUT2D eigenvalue weighted by molar-refractivity contribution is 0.582. The Balaban J connectivity index is 2.12. The Morgan fingerprint density at radius 2 is 2.10 bits per heavy atom. The van der Waals surface area contributed by atoms with Crippen LogP contribution in [0.15, 0.2) is 34.7 Å². The van der Waals surface area contributed by atoms with Crippen molar-refractivity contribution in [2.24, 2.45) is 0 Å². The molecule has 0 spiro atoms. The summed E-state index contributed by atoms with van der Waals surface area (Å²) in [7, 11) is -1.64. The summed E-state index contributed by atoms with van der Waals surface area (Å²) in [5.74, 6) is 0. The second-order valence-corrected chi connectivity index (χ2v) is 7.48. The molecule has 2 aromatic rings. The van der Waals surface area contributed by atoms with Gasteiger partial charge in [-0.15, -0.1) is 11.3 Å². The molecular weight excluding hydrogens is 294 g/mol. The fraction of sp³-hybridized carbons (Fsp3) is 0.308. The number of sulfonamides is 1. The fourth-order valence-corrected chi connectivity index (χ4v) is 4.34. The van der Waals surface area contributed by atoms with Gasteiger partial charge in [-0.1, -0.05) is 6.07 Å². The molecule has 0 bridgehead atoms. The minimum atomic E-state index is -3.48. The van der Waals surface area contributed by atoms with Gasteiger partial charge in [-0.3, -0.25) is 4.98 Å². The number of thiophene rings is 1. The molecule has 0 aromatic carbocycles. The molecule has 2 N–H and O–H groups in total. The summed E-state index contributed by atoms with van der Waals surface area (Å²) in [6.45, 7) is 2.79. The van der Waals surface area contributed by atoms with Crippen LogP contribution in [0.2, 0.25) is 0 Å². The highest BCUT2D eigenvalue weighted by molar-refractivity contribution is 7.91. The number of pyridine rings is 1. The van der Waals surface area contributed by atoms with Crippen LogP contribution in [0.25, 0.3) is 0 Å². The van der Waals surface area contributed by atoms with Gasteiger partial charge in [0.2, 0.25) is 10.0 Å². The molecule has 0 aliphatic heterocycles. The average Bonchev–Trinajstić information content (AvgIpc) is 2.81. The second-order valence-electron chi connectivity index (χ2n) is 4.35. The highest BCUT2D eigenvalue weighted by Gasteiger charge is 2.18. The van der Waals surface area contributed by atoms with Crippen molar-refractivity contribution < 1.29 is 8.42 Å². The number of hydrogen-bond acceptors (Lipinski definition) is 5. The van der Waals surface area contributed by atoms with Gasteiger partial charge >= 0.3 is 0 Å². The quantitative estimate of drug-likeness (QED) is 0.851. The number of hydrogen-bond donors (Lipinski definition) is 2. The standard InChI is InChI=1S/C13H17N3O2S2/c1-10-7-13(19-12(10)9-14-2)20(17,18)16-8-11-5-3-4-6-15-11/h3-7,14,16H,8-9H2,1-2H3. The normalized spacial score (nSPS) is 11.7. The molecule has 0 saturated heterocycles. The van der Waals surface area contributed by atoms with Gasteiger partial charge in [0, 0.05) is 17.6 Å². The Bertz CT molecular complexity index is 666. The van der Waals surface area contributed by atoms with Crippen LogP contribution in [-0.4, -0.2) is 20.4 Å². The van der Waals surface area contributed by atoms with Gasteiger partial charge < -0.3 is 5.32 Å².